The fourth-order valence-electron chi connectivity index (χ4n) is 1.72. The molecule has 1 aromatic rings. The van der Waals surface area contributed by atoms with Crippen LogP contribution in [-0.4, -0.2) is 33.0 Å². The minimum absolute atomic E-state index is 0. The van der Waals surface area contributed by atoms with Gasteiger partial charge in [0.15, 0.2) is 0 Å². The molecule has 19 heavy (non-hydrogen) atoms. The molecule has 0 radical (unpaired) electrons. The maximum atomic E-state index is 11.7. The van der Waals surface area contributed by atoms with Gasteiger partial charge in [-0.25, -0.2) is 0 Å². The molecule has 0 spiro atoms. The van der Waals surface area contributed by atoms with Gasteiger partial charge in [0.05, 0.1) is 5.75 Å². The molecule has 0 aromatic heterocycles. The first-order valence-corrected chi connectivity index (χ1v) is 8.19. The minimum atomic E-state index is -3.43. The van der Waals surface area contributed by atoms with Gasteiger partial charge in [-0.2, -0.15) is 8.42 Å². The predicted molar refractivity (Wildman–Crippen MR) is 81.4 cm³/mol. The summed E-state index contributed by atoms with van der Waals surface area (Å²) in [6.07, 6.45) is 6.36. The first-order chi connectivity index (χ1) is 8.64. The number of unbranched alkanes of at least 4 members (excludes halogenated alkanes) is 5. The van der Waals surface area contributed by atoms with Crippen LogP contribution in [-0.2, 0) is 10.1 Å². The Kier molecular flexibility index (Phi) is 10.1. The fourth-order valence-corrected chi connectivity index (χ4v) is 2.77. The van der Waals surface area contributed by atoms with Crippen molar-refractivity contribution in [3.63, 3.8) is 0 Å². The average molecular weight is 278 g/mol. The zero-order chi connectivity index (χ0) is 13.3. The molecule has 0 aliphatic heterocycles. The summed E-state index contributed by atoms with van der Waals surface area (Å²) in [5, 5.41) is 0. The molecule has 0 amide bonds. The second-order valence-electron chi connectivity index (χ2n) is 4.43. The first-order valence-electron chi connectivity index (χ1n) is 6.61. The maximum absolute atomic E-state index is 11.7. The van der Waals surface area contributed by atoms with Gasteiger partial charge in [-0.1, -0.05) is 57.2 Å². The average Bonchev–Trinajstić information content (AvgIpc) is 2.34. The summed E-state index contributed by atoms with van der Waals surface area (Å²) in [7, 11) is -3.43. The second kappa shape index (κ2) is 10.4. The van der Waals surface area contributed by atoms with Crippen molar-refractivity contribution in [2.75, 3.05) is 5.75 Å². The standard InChI is InChI=1S/C14H22O3S.Li.H/c1-2-3-4-5-6-10-13-18(15,16)17-14-11-8-7-9-12-14;;/h7-9,11-12H,2-6,10,13H2,1H3;;. The third-order valence-corrected chi connectivity index (χ3v) is 3.95. The van der Waals surface area contributed by atoms with Crippen LogP contribution >= 0.6 is 0 Å². The van der Waals surface area contributed by atoms with E-state index in [0.29, 0.717) is 12.2 Å². The van der Waals surface area contributed by atoms with E-state index in [-0.39, 0.29) is 24.6 Å². The van der Waals surface area contributed by atoms with Gasteiger partial charge in [-0.05, 0) is 18.6 Å². The molecule has 0 saturated carbocycles. The zero-order valence-corrected chi connectivity index (χ0v) is 11.8. The van der Waals surface area contributed by atoms with Gasteiger partial charge in [-0.3, -0.25) is 0 Å². The van der Waals surface area contributed by atoms with E-state index in [1.165, 1.54) is 19.3 Å². The van der Waals surface area contributed by atoms with Crippen LogP contribution in [0, 0.1) is 0 Å². The Hall–Kier alpha value is -0.433. The summed E-state index contributed by atoms with van der Waals surface area (Å²) in [6.45, 7) is 2.16. The zero-order valence-electron chi connectivity index (χ0n) is 11.0. The Morgan fingerprint density at radius 1 is 0.947 bits per heavy atom. The van der Waals surface area contributed by atoms with Crippen LogP contribution in [0.25, 0.3) is 0 Å². The molecule has 0 atom stereocenters. The van der Waals surface area contributed by atoms with Crippen LogP contribution in [0.4, 0.5) is 0 Å². The van der Waals surface area contributed by atoms with Crippen LogP contribution in [0.2, 0.25) is 0 Å². The Morgan fingerprint density at radius 3 is 2.16 bits per heavy atom. The summed E-state index contributed by atoms with van der Waals surface area (Å²) in [5.74, 6) is 0.497. The molecular formula is C14H23LiO3S. The molecule has 0 fully saturated rings. The molecule has 0 unspecified atom stereocenters. The molecule has 0 heterocycles. The normalized spacial score (nSPS) is 10.8. The SMILES string of the molecule is CCCCCCCCS(=O)(=O)Oc1ccccc1.[LiH]. The van der Waals surface area contributed by atoms with E-state index in [0.717, 1.165) is 12.8 Å². The van der Waals surface area contributed by atoms with Gasteiger partial charge < -0.3 is 4.18 Å². The number of hydrogen-bond acceptors (Lipinski definition) is 3. The summed E-state index contributed by atoms with van der Waals surface area (Å²) < 4.78 is 28.3. The van der Waals surface area contributed by atoms with Crippen molar-refractivity contribution in [2.24, 2.45) is 0 Å². The Labute approximate surface area is 129 Å². The predicted octanol–water partition coefficient (Wildman–Crippen LogP) is 3.11. The van der Waals surface area contributed by atoms with E-state index < -0.39 is 10.1 Å². The van der Waals surface area contributed by atoms with E-state index in [1.54, 1.807) is 24.3 Å². The van der Waals surface area contributed by atoms with Crippen molar-refractivity contribution < 1.29 is 12.6 Å². The monoisotopic (exact) mass is 278 g/mol. The third kappa shape index (κ3) is 9.15. The van der Waals surface area contributed by atoms with Crippen LogP contribution < -0.4 is 4.18 Å². The Bertz CT molecular complexity index is 418. The van der Waals surface area contributed by atoms with Gasteiger partial charge >= 0.3 is 29.0 Å². The van der Waals surface area contributed by atoms with E-state index >= 15 is 0 Å². The van der Waals surface area contributed by atoms with Crippen LogP contribution in [0.5, 0.6) is 5.75 Å². The quantitative estimate of drug-likeness (QED) is 0.396. The molecule has 0 aliphatic carbocycles. The summed E-state index contributed by atoms with van der Waals surface area (Å²) in [4.78, 5) is 0. The second-order valence-corrected chi connectivity index (χ2v) is 6.12. The molecule has 1 rings (SSSR count). The van der Waals surface area contributed by atoms with Gasteiger partial charge in [0.1, 0.15) is 5.75 Å². The van der Waals surface area contributed by atoms with Gasteiger partial charge in [0.25, 0.3) is 0 Å². The molecule has 0 aliphatic rings. The molecule has 1 aromatic carbocycles. The van der Waals surface area contributed by atoms with E-state index in [2.05, 4.69) is 6.92 Å². The number of para-hydroxylation sites is 1. The first kappa shape index (κ1) is 18.6. The Balaban J connectivity index is 0.00000324. The van der Waals surface area contributed by atoms with Gasteiger partial charge in [-0.15, -0.1) is 0 Å². The molecule has 5 heteroatoms. The molecule has 3 nitrogen and oxygen atoms in total. The molecule has 0 saturated heterocycles. The number of rotatable bonds is 9. The number of hydrogen-bond donors (Lipinski definition) is 0. The van der Waals surface area contributed by atoms with Gasteiger partial charge in [0, 0.05) is 0 Å². The molecular weight excluding hydrogens is 255 g/mol. The van der Waals surface area contributed by atoms with Crippen molar-refractivity contribution in [2.45, 2.75) is 45.4 Å². The molecule has 0 bridgehead atoms. The van der Waals surface area contributed by atoms with Crippen LogP contribution in [0.3, 0.4) is 0 Å². The van der Waals surface area contributed by atoms with Crippen LogP contribution in [0.1, 0.15) is 45.4 Å². The summed E-state index contributed by atoms with van der Waals surface area (Å²) in [6, 6.07) is 8.65. The van der Waals surface area contributed by atoms with E-state index in [1.807, 2.05) is 6.07 Å². The van der Waals surface area contributed by atoms with Crippen molar-refractivity contribution >= 4 is 29.0 Å². The Morgan fingerprint density at radius 2 is 1.53 bits per heavy atom. The van der Waals surface area contributed by atoms with Crippen molar-refractivity contribution in [1.82, 2.24) is 0 Å². The van der Waals surface area contributed by atoms with Crippen molar-refractivity contribution in [1.29, 1.82) is 0 Å². The van der Waals surface area contributed by atoms with E-state index in [9.17, 15) is 8.42 Å². The summed E-state index contributed by atoms with van der Waals surface area (Å²) >= 11 is 0. The fraction of sp³-hybridized carbons (Fsp3) is 0.571. The van der Waals surface area contributed by atoms with Gasteiger partial charge in [0.2, 0.25) is 0 Å². The van der Waals surface area contributed by atoms with Crippen molar-refractivity contribution in [3.05, 3.63) is 30.3 Å². The summed E-state index contributed by atoms with van der Waals surface area (Å²) in [5.41, 5.74) is 0. The molecule has 104 valence electrons. The van der Waals surface area contributed by atoms with Crippen LogP contribution in [0.15, 0.2) is 30.3 Å². The van der Waals surface area contributed by atoms with E-state index in [4.69, 9.17) is 4.18 Å². The molecule has 0 N–H and O–H groups in total. The van der Waals surface area contributed by atoms with Crippen molar-refractivity contribution in [3.8, 4) is 5.75 Å². The topological polar surface area (TPSA) is 43.4 Å². The number of benzene rings is 1. The third-order valence-electron chi connectivity index (χ3n) is 2.71.